The van der Waals surface area contributed by atoms with Gasteiger partial charge in [0, 0.05) is 20.0 Å². The molecule has 0 spiro atoms. The predicted molar refractivity (Wildman–Crippen MR) is 43.8 cm³/mol. The van der Waals surface area contributed by atoms with Crippen molar-refractivity contribution in [1.82, 2.24) is 9.80 Å². The quantitative estimate of drug-likeness (QED) is 0.494. The van der Waals surface area contributed by atoms with Crippen molar-refractivity contribution >= 4 is 11.8 Å². The van der Waals surface area contributed by atoms with Crippen LogP contribution in [0.3, 0.4) is 0 Å². The fraction of sp³-hybridized carbons (Fsp3) is 0.750. The summed E-state index contributed by atoms with van der Waals surface area (Å²) in [5, 5.41) is 9.32. The molecule has 2 heterocycles. The number of carbonyl (C=O) groups is 2. The number of hydrogen-bond acceptors (Lipinski definition) is 3. The normalized spacial score (nSPS) is 34.0. The van der Waals surface area contributed by atoms with Crippen LogP contribution in [-0.2, 0) is 9.59 Å². The Bertz CT molecular complexity index is 266. The lowest BCUT2D eigenvalue weighted by molar-refractivity contribution is -0.152. The van der Waals surface area contributed by atoms with Gasteiger partial charge in [-0.2, -0.15) is 0 Å². The molecule has 0 aliphatic carbocycles. The Balaban J connectivity index is 2.23. The van der Waals surface area contributed by atoms with Gasteiger partial charge < -0.3 is 14.9 Å². The van der Waals surface area contributed by atoms with Gasteiger partial charge in [0.1, 0.15) is 6.04 Å². The van der Waals surface area contributed by atoms with Crippen LogP contribution in [0.4, 0.5) is 0 Å². The van der Waals surface area contributed by atoms with E-state index in [1.807, 2.05) is 0 Å². The van der Waals surface area contributed by atoms with Crippen molar-refractivity contribution in [2.24, 2.45) is 0 Å². The first-order valence-electron chi connectivity index (χ1n) is 4.32. The molecule has 2 amide bonds. The first-order valence-corrected chi connectivity index (χ1v) is 4.32. The van der Waals surface area contributed by atoms with Gasteiger partial charge in [0.05, 0.1) is 12.6 Å². The van der Waals surface area contributed by atoms with Crippen molar-refractivity contribution in [2.45, 2.75) is 18.6 Å². The van der Waals surface area contributed by atoms with Crippen molar-refractivity contribution in [3.05, 3.63) is 0 Å². The zero-order valence-electron chi connectivity index (χ0n) is 7.43. The zero-order valence-corrected chi connectivity index (χ0v) is 7.43. The molecule has 1 N–H and O–H groups in total. The highest BCUT2D eigenvalue weighted by molar-refractivity contribution is 5.95. The molecule has 2 unspecified atom stereocenters. The van der Waals surface area contributed by atoms with Crippen LogP contribution < -0.4 is 0 Å². The summed E-state index contributed by atoms with van der Waals surface area (Å²) in [6.07, 6.45) is -0.154. The Morgan fingerprint density at radius 1 is 1.46 bits per heavy atom. The molecule has 2 aliphatic heterocycles. The third kappa shape index (κ3) is 1.19. The van der Waals surface area contributed by atoms with Gasteiger partial charge in [-0.1, -0.05) is 0 Å². The Morgan fingerprint density at radius 3 is 2.85 bits per heavy atom. The maximum absolute atomic E-state index is 11.5. The summed E-state index contributed by atoms with van der Waals surface area (Å²) in [6.45, 7) is 0.450. The van der Waals surface area contributed by atoms with Crippen LogP contribution in [0.25, 0.3) is 0 Å². The minimum Gasteiger partial charge on any atom is -0.391 e. The summed E-state index contributed by atoms with van der Waals surface area (Å²) in [7, 11) is 1.61. The molecule has 2 rings (SSSR count). The summed E-state index contributed by atoms with van der Waals surface area (Å²) in [5.41, 5.74) is 0. The fourth-order valence-corrected chi connectivity index (χ4v) is 1.95. The molecule has 0 aromatic carbocycles. The second kappa shape index (κ2) is 2.70. The third-order valence-corrected chi connectivity index (χ3v) is 2.63. The van der Waals surface area contributed by atoms with E-state index in [1.165, 1.54) is 9.80 Å². The third-order valence-electron chi connectivity index (χ3n) is 2.63. The highest BCUT2D eigenvalue weighted by Crippen LogP contribution is 2.22. The minimum absolute atomic E-state index is 0.0591. The molecule has 0 radical (unpaired) electrons. The lowest BCUT2D eigenvalue weighted by Gasteiger charge is -2.33. The number of nitrogens with zero attached hydrogens (tertiary/aromatic N) is 2. The molecular formula is C8H12N2O3. The van der Waals surface area contributed by atoms with Gasteiger partial charge in [-0.3, -0.25) is 9.59 Å². The molecular weight excluding hydrogens is 172 g/mol. The van der Waals surface area contributed by atoms with Crippen molar-refractivity contribution in [3.63, 3.8) is 0 Å². The van der Waals surface area contributed by atoms with E-state index in [1.54, 1.807) is 7.05 Å². The highest BCUT2D eigenvalue weighted by Gasteiger charge is 2.43. The van der Waals surface area contributed by atoms with Crippen molar-refractivity contribution in [2.75, 3.05) is 20.1 Å². The van der Waals surface area contributed by atoms with Crippen molar-refractivity contribution in [3.8, 4) is 0 Å². The average Bonchev–Trinajstić information content (AvgIpc) is 2.44. The first-order chi connectivity index (χ1) is 6.09. The zero-order chi connectivity index (χ0) is 9.59. The molecule has 2 saturated heterocycles. The number of aliphatic hydroxyl groups excluding tert-OH is 1. The summed E-state index contributed by atoms with van der Waals surface area (Å²) in [5.74, 6) is -0.125. The number of likely N-dealkylation sites (N-methyl/N-ethyl adjacent to an activating group) is 1. The molecule has 2 aliphatic rings. The van der Waals surface area contributed by atoms with Crippen LogP contribution in [0.2, 0.25) is 0 Å². The molecule has 5 nitrogen and oxygen atoms in total. The Morgan fingerprint density at radius 2 is 2.15 bits per heavy atom. The van der Waals surface area contributed by atoms with E-state index in [0.29, 0.717) is 13.0 Å². The van der Waals surface area contributed by atoms with Crippen LogP contribution in [-0.4, -0.2) is 59.0 Å². The van der Waals surface area contributed by atoms with E-state index >= 15 is 0 Å². The number of fused-ring (bicyclic) bond motifs is 1. The molecule has 0 aromatic rings. The van der Waals surface area contributed by atoms with Crippen LogP contribution in [0.15, 0.2) is 0 Å². The molecule has 13 heavy (non-hydrogen) atoms. The van der Waals surface area contributed by atoms with E-state index in [0.717, 1.165) is 0 Å². The number of aliphatic hydroxyl groups is 1. The monoisotopic (exact) mass is 184 g/mol. The minimum atomic E-state index is -0.538. The van der Waals surface area contributed by atoms with Crippen LogP contribution in [0, 0.1) is 0 Å². The summed E-state index contributed by atoms with van der Waals surface area (Å²) < 4.78 is 0. The standard InChI is InChI=1S/C8H12N2O3/c1-9-4-7(12)10-3-5(11)2-6(10)8(9)13/h5-6,11H,2-4H2,1H3. The molecule has 2 fully saturated rings. The number of piperazine rings is 1. The smallest absolute Gasteiger partial charge is 0.245 e. The molecule has 2 atom stereocenters. The van der Waals surface area contributed by atoms with E-state index < -0.39 is 12.1 Å². The fourth-order valence-electron chi connectivity index (χ4n) is 1.95. The van der Waals surface area contributed by atoms with E-state index in [2.05, 4.69) is 0 Å². The largest absolute Gasteiger partial charge is 0.391 e. The first kappa shape index (κ1) is 8.50. The number of carbonyl (C=O) groups excluding carboxylic acids is 2. The molecule has 0 aromatic heterocycles. The van der Waals surface area contributed by atoms with Gasteiger partial charge in [0.15, 0.2) is 0 Å². The topological polar surface area (TPSA) is 60.9 Å². The lowest BCUT2D eigenvalue weighted by atomic mass is 10.1. The summed E-state index contributed by atoms with van der Waals surface area (Å²) >= 11 is 0. The number of hydrogen-bond donors (Lipinski definition) is 1. The Kier molecular flexibility index (Phi) is 1.76. The van der Waals surface area contributed by atoms with Crippen LogP contribution in [0.1, 0.15) is 6.42 Å². The van der Waals surface area contributed by atoms with E-state index in [-0.39, 0.29) is 18.4 Å². The number of amides is 2. The Labute approximate surface area is 75.9 Å². The van der Waals surface area contributed by atoms with Crippen LogP contribution >= 0.6 is 0 Å². The summed E-state index contributed by atoms with van der Waals surface area (Å²) in [6, 6.07) is -0.416. The van der Waals surface area contributed by atoms with Gasteiger partial charge in [-0.05, 0) is 0 Å². The van der Waals surface area contributed by atoms with Crippen molar-refractivity contribution in [1.29, 1.82) is 0 Å². The molecule has 72 valence electrons. The Hall–Kier alpha value is -1.10. The molecule has 0 bridgehead atoms. The molecule has 5 heteroatoms. The summed E-state index contributed by atoms with van der Waals surface area (Å²) in [4.78, 5) is 25.8. The van der Waals surface area contributed by atoms with Gasteiger partial charge in [-0.15, -0.1) is 0 Å². The maximum Gasteiger partial charge on any atom is 0.245 e. The van der Waals surface area contributed by atoms with Crippen LogP contribution in [0.5, 0.6) is 0 Å². The highest BCUT2D eigenvalue weighted by atomic mass is 16.3. The van der Waals surface area contributed by atoms with Crippen molar-refractivity contribution < 1.29 is 14.7 Å². The molecule has 0 saturated carbocycles. The van der Waals surface area contributed by atoms with Gasteiger partial charge in [-0.25, -0.2) is 0 Å². The second-order valence-electron chi connectivity index (χ2n) is 3.65. The average molecular weight is 184 g/mol. The second-order valence-corrected chi connectivity index (χ2v) is 3.65. The SMILES string of the molecule is CN1CC(=O)N2CC(O)CC2C1=O. The van der Waals surface area contributed by atoms with Gasteiger partial charge in [0.25, 0.3) is 0 Å². The number of rotatable bonds is 0. The predicted octanol–water partition coefficient (Wildman–Crippen LogP) is -1.58. The van der Waals surface area contributed by atoms with E-state index in [4.69, 9.17) is 0 Å². The maximum atomic E-state index is 11.5. The van der Waals surface area contributed by atoms with Gasteiger partial charge >= 0.3 is 0 Å². The van der Waals surface area contributed by atoms with Gasteiger partial charge in [0.2, 0.25) is 11.8 Å². The van der Waals surface area contributed by atoms with E-state index in [9.17, 15) is 14.7 Å². The lowest BCUT2D eigenvalue weighted by Crippen LogP contribution is -2.55.